The number of hydrogen-bond donors (Lipinski definition) is 1. The molecule has 0 unspecified atom stereocenters. The topological polar surface area (TPSA) is 83.9 Å². The molecule has 7 heteroatoms. The molecule has 0 radical (unpaired) electrons. The van der Waals surface area contributed by atoms with E-state index >= 15 is 0 Å². The number of aliphatic hydroxyl groups is 1. The fraction of sp³-hybridized carbons (Fsp3) is 0.769. The molecule has 0 spiro atoms. The Bertz CT molecular complexity index is 503. The molecule has 2 rings (SSSR count). The summed E-state index contributed by atoms with van der Waals surface area (Å²) in [4.78, 5) is 11.8. The highest BCUT2D eigenvalue weighted by Crippen LogP contribution is 2.44. The molecule has 1 aliphatic heterocycles. The molecular formula is C13H21NO5S. The minimum atomic E-state index is -3.55. The van der Waals surface area contributed by atoms with Crippen molar-refractivity contribution in [2.45, 2.75) is 31.3 Å². The van der Waals surface area contributed by atoms with Crippen LogP contribution < -0.4 is 0 Å². The average Bonchev–Trinajstić information content (AvgIpc) is 2.30. The SMILES string of the molecule is C=CCC1(O)CN(S(=O)(=O)CC2(C(=O)OC)CCC2)C1. The molecule has 2 fully saturated rings. The van der Waals surface area contributed by atoms with Gasteiger partial charge in [-0.05, 0) is 19.3 Å². The zero-order valence-corrected chi connectivity index (χ0v) is 12.5. The molecule has 1 saturated carbocycles. The molecule has 1 saturated heterocycles. The quantitative estimate of drug-likeness (QED) is 0.563. The number of sulfonamides is 1. The fourth-order valence-electron chi connectivity index (χ4n) is 2.87. The number of carbonyl (C=O) groups is 1. The number of carbonyl (C=O) groups excluding carboxylic acids is 1. The van der Waals surface area contributed by atoms with E-state index in [2.05, 4.69) is 6.58 Å². The van der Waals surface area contributed by atoms with Crippen molar-refractivity contribution in [3.8, 4) is 0 Å². The maximum Gasteiger partial charge on any atom is 0.312 e. The third kappa shape index (κ3) is 2.62. The average molecular weight is 303 g/mol. The Balaban J connectivity index is 2.02. The van der Waals surface area contributed by atoms with E-state index < -0.39 is 27.0 Å². The van der Waals surface area contributed by atoms with E-state index in [9.17, 15) is 18.3 Å². The first-order chi connectivity index (χ1) is 9.27. The zero-order valence-electron chi connectivity index (χ0n) is 11.7. The first-order valence-corrected chi connectivity index (χ1v) is 8.27. The Kier molecular flexibility index (Phi) is 3.96. The lowest BCUT2D eigenvalue weighted by Crippen LogP contribution is -2.64. The van der Waals surface area contributed by atoms with Gasteiger partial charge >= 0.3 is 5.97 Å². The Hall–Kier alpha value is -0.920. The Morgan fingerprint density at radius 1 is 1.45 bits per heavy atom. The Morgan fingerprint density at radius 3 is 2.45 bits per heavy atom. The van der Waals surface area contributed by atoms with Gasteiger partial charge < -0.3 is 9.84 Å². The largest absolute Gasteiger partial charge is 0.469 e. The van der Waals surface area contributed by atoms with Gasteiger partial charge in [-0.1, -0.05) is 12.5 Å². The first-order valence-electron chi connectivity index (χ1n) is 6.66. The van der Waals surface area contributed by atoms with E-state index in [1.807, 2.05) is 0 Å². The van der Waals surface area contributed by atoms with Crippen LogP contribution in [-0.2, 0) is 19.6 Å². The highest BCUT2D eigenvalue weighted by molar-refractivity contribution is 7.89. The number of esters is 1. The molecule has 0 aromatic rings. The van der Waals surface area contributed by atoms with Gasteiger partial charge in [0.25, 0.3) is 0 Å². The second-order valence-corrected chi connectivity index (χ2v) is 7.84. The molecule has 20 heavy (non-hydrogen) atoms. The van der Waals surface area contributed by atoms with Crippen LogP contribution in [0.4, 0.5) is 0 Å². The summed E-state index contributed by atoms with van der Waals surface area (Å²) in [5, 5.41) is 10.00. The first kappa shape index (κ1) is 15.5. The minimum Gasteiger partial charge on any atom is -0.469 e. The van der Waals surface area contributed by atoms with Crippen molar-refractivity contribution in [3.63, 3.8) is 0 Å². The molecule has 114 valence electrons. The standard InChI is InChI=1S/C13H21NO5S/c1-3-5-13(16)8-14(9-13)20(17,18)10-12(6-4-7-12)11(15)19-2/h3,16H,1,4-10H2,2H3. The van der Waals surface area contributed by atoms with Gasteiger partial charge in [-0.15, -0.1) is 6.58 Å². The second kappa shape index (κ2) is 5.13. The number of ether oxygens (including phenoxy) is 1. The van der Waals surface area contributed by atoms with E-state index in [0.717, 1.165) is 6.42 Å². The Morgan fingerprint density at radius 2 is 2.05 bits per heavy atom. The summed E-state index contributed by atoms with van der Waals surface area (Å²) in [6.45, 7) is 3.68. The lowest BCUT2D eigenvalue weighted by molar-refractivity contribution is -0.156. The normalized spacial score (nSPS) is 24.3. The van der Waals surface area contributed by atoms with Crippen molar-refractivity contribution < 1.29 is 23.1 Å². The van der Waals surface area contributed by atoms with Gasteiger partial charge in [0.2, 0.25) is 10.0 Å². The van der Waals surface area contributed by atoms with Gasteiger partial charge in [-0.25, -0.2) is 8.42 Å². The maximum absolute atomic E-state index is 12.3. The van der Waals surface area contributed by atoms with Gasteiger partial charge in [0, 0.05) is 13.1 Å². The fourth-order valence-corrected chi connectivity index (χ4v) is 5.03. The minimum absolute atomic E-state index is 0.0681. The van der Waals surface area contributed by atoms with Crippen LogP contribution in [0.5, 0.6) is 0 Å². The van der Waals surface area contributed by atoms with Crippen molar-refractivity contribution in [3.05, 3.63) is 12.7 Å². The molecule has 0 atom stereocenters. The third-order valence-electron chi connectivity index (χ3n) is 4.25. The van der Waals surface area contributed by atoms with Crippen LogP contribution in [0.25, 0.3) is 0 Å². The lowest BCUT2D eigenvalue weighted by Gasteiger charge is -2.47. The molecule has 0 bridgehead atoms. The van der Waals surface area contributed by atoms with Crippen LogP contribution in [0.15, 0.2) is 12.7 Å². The summed E-state index contributed by atoms with van der Waals surface area (Å²) in [7, 11) is -2.27. The summed E-state index contributed by atoms with van der Waals surface area (Å²) in [6.07, 6.45) is 3.87. The molecule has 1 heterocycles. The molecule has 0 aromatic heterocycles. The van der Waals surface area contributed by atoms with Gasteiger partial charge in [-0.2, -0.15) is 4.31 Å². The van der Waals surface area contributed by atoms with Gasteiger partial charge in [0.1, 0.15) is 0 Å². The molecule has 0 amide bonds. The summed E-state index contributed by atoms with van der Waals surface area (Å²) in [5.74, 6) is -0.675. The highest BCUT2D eigenvalue weighted by Gasteiger charge is 2.53. The second-order valence-electron chi connectivity index (χ2n) is 5.87. The number of methoxy groups -OCH3 is 1. The maximum atomic E-state index is 12.3. The monoisotopic (exact) mass is 303 g/mol. The van der Waals surface area contributed by atoms with Crippen molar-refractivity contribution in [2.24, 2.45) is 5.41 Å². The van der Waals surface area contributed by atoms with Gasteiger partial charge in [0.15, 0.2) is 0 Å². The van der Waals surface area contributed by atoms with Crippen LogP contribution in [0.1, 0.15) is 25.7 Å². The number of β-amino-alcohol motifs (C(OH)–C–C–N with tert-alkyl or cyclic N) is 1. The van der Waals surface area contributed by atoms with E-state index in [1.54, 1.807) is 6.08 Å². The molecule has 0 aromatic carbocycles. The van der Waals surface area contributed by atoms with Crippen molar-refractivity contribution in [2.75, 3.05) is 26.0 Å². The Labute approximate surface area is 119 Å². The zero-order chi connectivity index (χ0) is 15.0. The van der Waals surface area contributed by atoms with Crippen LogP contribution in [0.3, 0.4) is 0 Å². The molecule has 6 nitrogen and oxygen atoms in total. The number of hydrogen-bond acceptors (Lipinski definition) is 5. The van der Waals surface area contributed by atoms with Crippen LogP contribution in [-0.4, -0.2) is 55.4 Å². The highest BCUT2D eigenvalue weighted by atomic mass is 32.2. The summed E-state index contributed by atoms with van der Waals surface area (Å²) in [5.41, 5.74) is -1.90. The van der Waals surface area contributed by atoms with E-state index in [4.69, 9.17) is 4.74 Å². The smallest absolute Gasteiger partial charge is 0.312 e. The van der Waals surface area contributed by atoms with Crippen molar-refractivity contribution in [1.82, 2.24) is 4.31 Å². The van der Waals surface area contributed by atoms with Crippen molar-refractivity contribution in [1.29, 1.82) is 0 Å². The van der Waals surface area contributed by atoms with Crippen molar-refractivity contribution >= 4 is 16.0 Å². The van der Waals surface area contributed by atoms with E-state index in [1.165, 1.54) is 11.4 Å². The molecular weight excluding hydrogens is 282 g/mol. The third-order valence-corrected chi connectivity index (χ3v) is 6.21. The van der Waals surface area contributed by atoms with Crippen LogP contribution in [0.2, 0.25) is 0 Å². The predicted molar refractivity (Wildman–Crippen MR) is 73.4 cm³/mol. The summed E-state index contributed by atoms with van der Waals surface area (Å²) < 4.78 is 30.6. The number of rotatable bonds is 6. The van der Waals surface area contributed by atoms with Crippen LogP contribution in [0, 0.1) is 5.41 Å². The number of nitrogens with zero attached hydrogens (tertiary/aromatic N) is 1. The van der Waals surface area contributed by atoms with Gasteiger partial charge in [0.05, 0.1) is 23.9 Å². The lowest BCUT2D eigenvalue weighted by atomic mass is 9.70. The van der Waals surface area contributed by atoms with Gasteiger partial charge in [-0.3, -0.25) is 4.79 Å². The molecule has 1 N–H and O–H groups in total. The summed E-state index contributed by atoms with van der Waals surface area (Å²) in [6, 6.07) is 0. The summed E-state index contributed by atoms with van der Waals surface area (Å²) >= 11 is 0. The van der Waals surface area contributed by atoms with Crippen LogP contribution >= 0.6 is 0 Å². The molecule has 2 aliphatic rings. The predicted octanol–water partition coefficient (Wildman–Crippen LogP) is 0.282. The molecule has 1 aliphatic carbocycles. The van der Waals surface area contributed by atoms with E-state index in [-0.39, 0.29) is 18.8 Å². The van der Waals surface area contributed by atoms with E-state index in [0.29, 0.717) is 19.3 Å².